The minimum Gasteiger partial charge on any atom is -0.462 e. The molecule has 0 amide bonds. The molecule has 0 aliphatic heterocycles. The lowest BCUT2D eigenvalue weighted by molar-refractivity contribution is 0.0523. The Balaban J connectivity index is 3.19. The zero-order valence-corrected chi connectivity index (χ0v) is 10.7. The van der Waals surface area contributed by atoms with E-state index < -0.39 is 5.97 Å². The summed E-state index contributed by atoms with van der Waals surface area (Å²) in [5, 5.41) is 0. The Morgan fingerprint density at radius 2 is 2.06 bits per heavy atom. The predicted octanol–water partition coefficient (Wildman–Crippen LogP) is 2.49. The van der Waals surface area contributed by atoms with E-state index in [0.29, 0.717) is 11.8 Å². The number of ether oxygens (including phenoxy) is 1. The van der Waals surface area contributed by atoms with E-state index in [2.05, 4.69) is 0 Å². The molecule has 0 aliphatic carbocycles. The molecule has 1 aromatic carbocycles. The summed E-state index contributed by atoms with van der Waals surface area (Å²) in [6, 6.07) is 4.27. The lowest BCUT2D eigenvalue weighted by atomic mass is 9.99. The van der Waals surface area contributed by atoms with Crippen molar-refractivity contribution in [3.63, 3.8) is 0 Å². The molecule has 0 aliphatic rings. The van der Waals surface area contributed by atoms with Crippen LogP contribution in [0.1, 0.15) is 44.4 Å². The van der Waals surface area contributed by atoms with Crippen LogP contribution < -0.4 is 0 Å². The SMILES string of the molecule is CCOC(=O)c1ccc(C=O)cc1C(=O)CCCl. The van der Waals surface area contributed by atoms with Crippen molar-refractivity contribution in [2.45, 2.75) is 13.3 Å². The number of rotatable bonds is 6. The van der Waals surface area contributed by atoms with Gasteiger partial charge in [-0.25, -0.2) is 4.79 Å². The third kappa shape index (κ3) is 3.40. The van der Waals surface area contributed by atoms with Gasteiger partial charge in [-0.1, -0.05) is 6.07 Å². The van der Waals surface area contributed by atoms with Gasteiger partial charge in [-0.3, -0.25) is 9.59 Å². The summed E-state index contributed by atoms with van der Waals surface area (Å²) >= 11 is 5.51. The summed E-state index contributed by atoms with van der Waals surface area (Å²) in [6.07, 6.45) is 0.725. The van der Waals surface area contributed by atoms with Gasteiger partial charge in [-0.05, 0) is 19.1 Å². The van der Waals surface area contributed by atoms with E-state index in [1.807, 2.05) is 0 Å². The standard InChI is InChI=1S/C13H13ClO4/c1-2-18-13(17)10-4-3-9(8-15)7-11(10)12(16)5-6-14/h3-4,7-8H,2,5-6H2,1H3. The van der Waals surface area contributed by atoms with Crippen molar-refractivity contribution >= 4 is 29.6 Å². The van der Waals surface area contributed by atoms with Crippen LogP contribution in [-0.4, -0.2) is 30.5 Å². The average Bonchev–Trinajstić information content (AvgIpc) is 2.38. The monoisotopic (exact) mass is 268 g/mol. The number of hydrogen-bond donors (Lipinski definition) is 0. The van der Waals surface area contributed by atoms with Gasteiger partial charge in [0.1, 0.15) is 6.29 Å². The number of benzene rings is 1. The summed E-state index contributed by atoms with van der Waals surface area (Å²) < 4.78 is 4.86. The molecule has 0 heterocycles. The molecule has 0 aromatic heterocycles. The van der Waals surface area contributed by atoms with E-state index in [-0.39, 0.29) is 35.8 Å². The average molecular weight is 269 g/mol. The maximum Gasteiger partial charge on any atom is 0.338 e. The molecule has 0 fully saturated rings. The largest absolute Gasteiger partial charge is 0.462 e. The maximum absolute atomic E-state index is 11.8. The van der Waals surface area contributed by atoms with E-state index in [1.165, 1.54) is 18.2 Å². The van der Waals surface area contributed by atoms with Crippen LogP contribution in [0.25, 0.3) is 0 Å². The molecule has 18 heavy (non-hydrogen) atoms. The summed E-state index contributed by atoms with van der Waals surface area (Å²) in [4.78, 5) is 34.2. The highest BCUT2D eigenvalue weighted by Crippen LogP contribution is 2.15. The number of Topliss-reactive ketones (excluding diaryl/α,β-unsaturated/α-hetero) is 1. The van der Waals surface area contributed by atoms with Crippen molar-refractivity contribution in [3.8, 4) is 0 Å². The predicted molar refractivity (Wildman–Crippen MR) is 67.5 cm³/mol. The van der Waals surface area contributed by atoms with Crippen molar-refractivity contribution in [1.82, 2.24) is 0 Å². The van der Waals surface area contributed by atoms with Crippen molar-refractivity contribution in [1.29, 1.82) is 0 Å². The smallest absolute Gasteiger partial charge is 0.338 e. The van der Waals surface area contributed by atoms with Gasteiger partial charge >= 0.3 is 5.97 Å². The number of carbonyl (C=O) groups is 3. The van der Waals surface area contributed by atoms with Gasteiger partial charge in [0.25, 0.3) is 0 Å². The molecule has 0 saturated heterocycles. The number of halogens is 1. The topological polar surface area (TPSA) is 60.4 Å². The van der Waals surface area contributed by atoms with E-state index in [4.69, 9.17) is 16.3 Å². The molecule has 0 radical (unpaired) electrons. The number of hydrogen-bond acceptors (Lipinski definition) is 4. The number of esters is 1. The molecule has 5 heteroatoms. The summed E-state index contributed by atoms with van der Waals surface area (Å²) in [6.45, 7) is 1.90. The first-order valence-corrected chi connectivity index (χ1v) is 6.03. The quantitative estimate of drug-likeness (QED) is 0.344. The molecule has 0 bridgehead atoms. The molecule has 0 atom stereocenters. The minimum atomic E-state index is -0.576. The van der Waals surface area contributed by atoms with Crippen LogP contribution in [0.15, 0.2) is 18.2 Å². The van der Waals surface area contributed by atoms with Crippen molar-refractivity contribution in [2.24, 2.45) is 0 Å². The third-order valence-electron chi connectivity index (χ3n) is 2.30. The second-order valence-corrected chi connectivity index (χ2v) is 3.88. The van der Waals surface area contributed by atoms with Crippen LogP contribution in [0.4, 0.5) is 0 Å². The van der Waals surface area contributed by atoms with Crippen molar-refractivity contribution < 1.29 is 19.1 Å². The highest BCUT2D eigenvalue weighted by molar-refractivity contribution is 6.20. The van der Waals surface area contributed by atoms with Gasteiger partial charge in [0.15, 0.2) is 5.78 Å². The fourth-order valence-corrected chi connectivity index (χ4v) is 1.64. The van der Waals surface area contributed by atoms with Gasteiger partial charge in [-0.2, -0.15) is 0 Å². The van der Waals surface area contributed by atoms with Crippen LogP contribution >= 0.6 is 11.6 Å². The second-order valence-electron chi connectivity index (χ2n) is 3.51. The van der Waals surface area contributed by atoms with E-state index >= 15 is 0 Å². The fourth-order valence-electron chi connectivity index (χ4n) is 1.47. The van der Waals surface area contributed by atoms with Crippen LogP contribution in [0, 0.1) is 0 Å². The number of ketones is 1. The van der Waals surface area contributed by atoms with Crippen LogP contribution in [0.5, 0.6) is 0 Å². The zero-order chi connectivity index (χ0) is 13.5. The molecule has 96 valence electrons. The van der Waals surface area contributed by atoms with Gasteiger partial charge in [0.05, 0.1) is 12.2 Å². The highest BCUT2D eigenvalue weighted by atomic mass is 35.5. The van der Waals surface area contributed by atoms with Crippen LogP contribution in [-0.2, 0) is 4.74 Å². The Bertz CT molecular complexity index is 468. The third-order valence-corrected chi connectivity index (χ3v) is 2.49. The first-order chi connectivity index (χ1) is 8.63. The lowest BCUT2D eigenvalue weighted by Gasteiger charge is -2.08. The molecular formula is C13H13ClO4. The molecule has 0 N–H and O–H groups in total. The molecular weight excluding hydrogens is 256 g/mol. The zero-order valence-electron chi connectivity index (χ0n) is 9.94. The Morgan fingerprint density at radius 1 is 1.33 bits per heavy atom. The van der Waals surface area contributed by atoms with E-state index in [9.17, 15) is 14.4 Å². The Hall–Kier alpha value is -1.68. The Morgan fingerprint density at radius 3 is 2.61 bits per heavy atom. The Kier molecular flexibility index (Phi) is 5.52. The molecule has 0 unspecified atom stereocenters. The lowest BCUT2D eigenvalue weighted by Crippen LogP contribution is -2.13. The van der Waals surface area contributed by atoms with Gasteiger partial charge in [0.2, 0.25) is 0 Å². The summed E-state index contributed by atoms with van der Waals surface area (Å²) in [5.74, 6) is -0.698. The van der Waals surface area contributed by atoms with Gasteiger partial charge < -0.3 is 4.74 Å². The van der Waals surface area contributed by atoms with E-state index in [0.717, 1.165) is 0 Å². The molecule has 1 aromatic rings. The maximum atomic E-state index is 11.8. The molecule has 4 nitrogen and oxygen atoms in total. The minimum absolute atomic E-state index is 0.107. The first kappa shape index (κ1) is 14.4. The number of carbonyl (C=O) groups excluding carboxylic acids is 3. The number of aldehydes is 1. The van der Waals surface area contributed by atoms with Crippen LogP contribution in [0.2, 0.25) is 0 Å². The number of alkyl halides is 1. The highest BCUT2D eigenvalue weighted by Gasteiger charge is 2.18. The van der Waals surface area contributed by atoms with Crippen molar-refractivity contribution in [2.75, 3.05) is 12.5 Å². The van der Waals surface area contributed by atoms with Gasteiger partial charge in [0, 0.05) is 23.4 Å². The van der Waals surface area contributed by atoms with Crippen molar-refractivity contribution in [3.05, 3.63) is 34.9 Å². The van der Waals surface area contributed by atoms with E-state index in [1.54, 1.807) is 6.92 Å². The summed E-state index contributed by atoms with van der Waals surface area (Å²) in [7, 11) is 0. The van der Waals surface area contributed by atoms with Crippen LogP contribution in [0.3, 0.4) is 0 Å². The first-order valence-electron chi connectivity index (χ1n) is 5.49. The normalized spacial score (nSPS) is 9.89. The molecule has 0 spiro atoms. The fraction of sp³-hybridized carbons (Fsp3) is 0.308. The molecule has 0 saturated carbocycles. The Labute approximate surface area is 110 Å². The van der Waals surface area contributed by atoms with Gasteiger partial charge in [-0.15, -0.1) is 11.6 Å². The molecule has 1 rings (SSSR count). The summed E-state index contributed by atoms with van der Waals surface area (Å²) in [5.41, 5.74) is 0.678. The second kappa shape index (κ2) is 6.91.